The van der Waals surface area contributed by atoms with E-state index >= 15 is 0 Å². The monoisotopic (exact) mass is 241 g/mol. The molecule has 0 fully saturated rings. The van der Waals surface area contributed by atoms with Gasteiger partial charge in [0, 0.05) is 11.6 Å². The molecule has 6 heteroatoms. The number of rotatable bonds is 2. The Kier molecular flexibility index (Phi) is 2.75. The third-order valence-electron chi connectivity index (χ3n) is 1.73. The maximum atomic E-state index is 11.6. The van der Waals surface area contributed by atoms with Crippen LogP contribution in [0.4, 0.5) is 5.13 Å². The number of amides is 1. The Morgan fingerprint density at radius 1 is 1.67 bits per heavy atom. The van der Waals surface area contributed by atoms with Crippen molar-refractivity contribution in [3.05, 3.63) is 34.1 Å². The van der Waals surface area contributed by atoms with Crippen molar-refractivity contribution < 1.29 is 4.79 Å². The topological polar surface area (TPSA) is 57.8 Å². The summed E-state index contributed by atoms with van der Waals surface area (Å²) in [5.41, 5.74) is 1.31. The van der Waals surface area contributed by atoms with Gasteiger partial charge in [0.05, 0.1) is 10.7 Å². The predicted octanol–water partition coefficient (Wildman–Crippen LogP) is 2.69. The van der Waals surface area contributed by atoms with E-state index in [1.807, 2.05) is 12.3 Å². The molecule has 0 spiro atoms. The molecule has 4 nitrogen and oxygen atoms in total. The van der Waals surface area contributed by atoms with Crippen LogP contribution >= 0.6 is 22.9 Å². The molecule has 0 aliphatic heterocycles. The third-order valence-corrected chi connectivity index (χ3v) is 2.83. The van der Waals surface area contributed by atoms with Crippen LogP contribution < -0.4 is 5.32 Å². The Hall–Kier alpha value is -1.33. The summed E-state index contributed by atoms with van der Waals surface area (Å²) in [6.45, 7) is 1.87. The Labute approximate surface area is 95.3 Å². The van der Waals surface area contributed by atoms with Crippen LogP contribution in [0.1, 0.15) is 16.2 Å². The van der Waals surface area contributed by atoms with Crippen molar-refractivity contribution in [1.82, 2.24) is 9.97 Å². The molecule has 0 saturated heterocycles. The highest BCUT2D eigenvalue weighted by molar-refractivity contribution is 7.13. The average Bonchev–Trinajstić information content (AvgIpc) is 2.75. The summed E-state index contributed by atoms with van der Waals surface area (Å²) in [5, 5.41) is 5.64. The van der Waals surface area contributed by atoms with E-state index in [9.17, 15) is 4.79 Å². The average molecular weight is 242 g/mol. The largest absolute Gasteiger partial charge is 0.356 e. The smallest absolute Gasteiger partial charge is 0.273 e. The first-order valence-corrected chi connectivity index (χ1v) is 5.48. The standard InChI is InChI=1S/C9H8ClN3OS/c1-5-4-15-9(12-5)13-8(14)7-2-6(10)3-11-7/h2-4,11H,1H3,(H,12,13,14). The SMILES string of the molecule is Cc1csc(NC(=O)c2cc(Cl)c[nH]2)n1. The zero-order valence-electron chi connectivity index (χ0n) is 7.87. The number of aromatic nitrogens is 2. The lowest BCUT2D eigenvalue weighted by Gasteiger charge is -1.97. The van der Waals surface area contributed by atoms with E-state index in [1.165, 1.54) is 11.3 Å². The minimum absolute atomic E-state index is 0.240. The number of H-pyrrole nitrogens is 1. The molecule has 2 rings (SSSR count). The first-order chi connectivity index (χ1) is 7.15. The van der Waals surface area contributed by atoms with Gasteiger partial charge >= 0.3 is 0 Å². The molecule has 0 radical (unpaired) electrons. The van der Waals surface area contributed by atoms with Crippen LogP contribution in [0.2, 0.25) is 5.02 Å². The Morgan fingerprint density at radius 3 is 3.00 bits per heavy atom. The summed E-state index contributed by atoms with van der Waals surface area (Å²) in [7, 11) is 0. The Morgan fingerprint density at radius 2 is 2.47 bits per heavy atom. The van der Waals surface area contributed by atoms with E-state index in [4.69, 9.17) is 11.6 Å². The van der Waals surface area contributed by atoms with E-state index in [0.29, 0.717) is 15.8 Å². The van der Waals surface area contributed by atoms with Gasteiger partial charge in [0.15, 0.2) is 5.13 Å². The molecule has 15 heavy (non-hydrogen) atoms. The van der Waals surface area contributed by atoms with Gasteiger partial charge in [-0.25, -0.2) is 4.98 Å². The van der Waals surface area contributed by atoms with Gasteiger partial charge in [-0.05, 0) is 13.0 Å². The molecule has 78 valence electrons. The summed E-state index contributed by atoms with van der Waals surface area (Å²) in [6.07, 6.45) is 1.56. The van der Waals surface area contributed by atoms with Crippen LogP contribution in [0.3, 0.4) is 0 Å². The van der Waals surface area contributed by atoms with Crippen molar-refractivity contribution in [3.63, 3.8) is 0 Å². The molecule has 0 unspecified atom stereocenters. The van der Waals surface area contributed by atoms with E-state index in [2.05, 4.69) is 15.3 Å². The second-order valence-corrected chi connectivity index (χ2v) is 4.27. The van der Waals surface area contributed by atoms with E-state index < -0.39 is 0 Å². The van der Waals surface area contributed by atoms with E-state index in [0.717, 1.165) is 5.69 Å². The lowest BCUT2D eigenvalue weighted by molar-refractivity contribution is 0.102. The highest BCUT2D eigenvalue weighted by Crippen LogP contribution is 2.16. The summed E-state index contributed by atoms with van der Waals surface area (Å²) in [4.78, 5) is 18.5. The van der Waals surface area contributed by atoms with Gasteiger partial charge in [-0.15, -0.1) is 11.3 Å². The molecule has 2 heterocycles. The molecular formula is C9H8ClN3OS. The second kappa shape index (κ2) is 4.04. The van der Waals surface area contributed by atoms with Gasteiger partial charge in [0.25, 0.3) is 5.91 Å². The van der Waals surface area contributed by atoms with Gasteiger partial charge in [-0.3, -0.25) is 10.1 Å². The highest BCUT2D eigenvalue weighted by atomic mass is 35.5. The molecule has 2 aromatic heterocycles. The number of nitrogens with one attached hydrogen (secondary N) is 2. The molecule has 0 aliphatic carbocycles. The summed E-state index contributed by atoms with van der Waals surface area (Å²) in [5.74, 6) is -0.240. The number of hydrogen-bond acceptors (Lipinski definition) is 3. The Balaban J connectivity index is 2.10. The molecule has 2 aromatic rings. The lowest BCUT2D eigenvalue weighted by atomic mass is 10.4. The van der Waals surface area contributed by atoms with Gasteiger partial charge < -0.3 is 4.98 Å². The van der Waals surface area contributed by atoms with Crippen LogP contribution in [0, 0.1) is 6.92 Å². The minimum atomic E-state index is -0.240. The zero-order valence-corrected chi connectivity index (χ0v) is 9.45. The number of thiazole rings is 1. The zero-order chi connectivity index (χ0) is 10.8. The van der Waals surface area contributed by atoms with E-state index in [-0.39, 0.29) is 5.91 Å². The molecule has 2 N–H and O–H groups in total. The first-order valence-electron chi connectivity index (χ1n) is 4.22. The molecule has 1 amide bonds. The van der Waals surface area contributed by atoms with Crippen molar-refractivity contribution in [2.75, 3.05) is 5.32 Å². The molecule has 0 bridgehead atoms. The Bertz CT molecular complexity index is 491. The fourth-order valence-corrected chi connectivity index (χ4v) is 1.92. The van der Waals surface area contributed by atoms with Gasteiger partial charge in [0.1, 0.15) is 5.69 Å². The first kappa shape index (κ1) is 10.2. The van der Waals surface area contributed by atoms with Gasteiger partial charge in [-0.1, -0.05) is 11.6 Å². The van der Waals surface area contributed by atoms with Crippen LogP contribution in [0.5, 0.6) is 0 Å². The van der Waals surface area contributed by atoms with Crippen molar-refractivity contribution in [2.45, 2.75) is 6.92 Å². The van der Waals surface area contributed by atoms with E-state index in [1.54, 1.807) is 12.3 Å². The van der Waals surface area contributed by atoms with Crippen LogP contribution in [-0.4, -0.2) is 15.9 Å². The number of aromatic amines is 1. The fraction of sp³-hybridized carbons (Fsp3) is 0.111. The van der Waals surface area contributed by atoms with Crippen molar-refractivity contribution >= 4 is 34.0 Å². The summed E-state index contributed by atoms with van der Waals surface area (Å²) >= 11 is 7.08. The number of carbonyl (C=O) groups is 1. The number of carbonyl (C=O) groups excluding carboxylic acids is 1. The number of hydrogen-bond donors (Lipinski definition) is 2. The summed E-state index contributed by atoms with van der Waals surface area (Å²) in [6, 6.07) is 1.57. The maximum Gasteiger partial charge on any atom is 0.273 e. The van der Waals surface area contributed by atoms with Crippen molar-refractivity contribution in [3.8, 4) is 0 Å². The third kappa shape index (κ3) is 2.37. The quantitative estimate of drug-likeness (QED) is 0.849. The van der Waals surface area contributed by atoms with Gasteiger partial charge in [0.2, 0.25) is 0 Å². The van der Waals surface area contributed by atoms with Crippen LogP contribution in [0.15, 0.2) is 17.6 Å². The number of aryl methyl sites for hydroxylation is 1. The normalized spacial score (nSPS) is 10.3. The number of halogens is 1. The molecule has 0 aliphatic rings. The molecule has 0 atom stereocenters. The molecule has 0 aromatic carbocycles. The van der Waals surface area contributed by atoms with Crippen molar-refractivity contribution in [1.29, 1.82) is 0 Å². The van der Waals surface area contributed by atoms with Gasteiger partial charge in [-0.2, -0.15) is 0 Å². The fourth-order valence-electron chi connectivity index (χ4n) is 1.07. The molecular weight excluding hydrogens is 234 g/mol. The van der Waals surface area contributed by atoms with Crippen LogP contribution in [-0.2, 0) is 0 Å². The van der Waals surface area contributed by atoms with Crippen LogP contribution in [0.25, 0.3) is 0 Å². The lowest BCUT2D eigenvalue weighted by Crippen LogP contribution is -2.11. The number of anilines is 1. The minimum Gasteiger partial charge on any atom is -0.356 e. The number of nitrogens with zero attached hydrogens (tertiary/aromatic N) is 1. The highest BCUT2D eigenvalue weighted by Gasteiger charge is 2.09. The van der Waals surface area contributed by atoms with Crippen molar-refractivity contribution in [2.24, 2.45) is 0 Å². The predicted molar refractivity (Wildman–Crippen MR) is 60.6 cm³/mol. The molecule has 0 saturated carbocycles. The maximum absolute atomic E-state index is 11.6. The second-order valence-electron chi connectivity index (χ2n) is 2.98. The summed E-state index contributed by atoms with van der Waals surface area (Å²) < 4.78 is 0.